The molecule has 3 amide bonds. The van der Waals surface area contributed by atoms with Crippen molar-refractivity contribution in [2.24, 2.45) is 0 Å². The highest BCUT2D eigenvalue weighted by atomic mass is 35.5. The van der Waals surface area contributed by atoms with Gasteiger partial charge < -0.3 is 4.90 Å². The minimum Gasteiger partial charge on any atom is -0.342 e. The predicted octanol–water partition coefficient (Wildman–Crippen LogP) is 2.74. The largest absolute Gasteiger partial charge is 0.342 e. The van der Waals surface area contributed by atoms with Gasteiger partial charge in [-0.05, 0) is 30.2 Å². The molecule has 1 fully saturated rings. The number of anilines is 2. The Bertz CT molecular complexity index is 1120. The van der Waals surface area contributed by atoms with Crippen molar-refractivity contribution in [1.29, 1.82) is 0 Å². The van der Waals surface area contributed by atoms with Crippen LogP contribution in [-0.2, 0) is 20.0 Å². The zero-order chi connectivity index (χ0) is 21.0. The first-order chi connectivity index (χ1) is 13.6. The molecule has 0 radical (unpaired) electrons. The Kier molecular flexibility index (Phi) is 4.83. The SMILES string of the molecule is CC(=O)N1CCC2(C1)CN(C(=O)Nc1ncc(Cl)s1)c1ccc(S(C)(=O)=O)cc12. The van der Waals surface area contributed by atoms with Crippen LogP contribution in [0.1, 0.15) is 18.9 Å². The summed E-state index contributed by atoms with van der Waals surface area (Å²) in [7, 11) is -3.41. The van der Waals surface area contributed by atoms with Gasteiger partial charge in [-0.25, -0.2) is 18.2 Å². The minimum atomic E-state index is -3.41. The van der Waals surface area contributed by atoms with Gasteiger partial charge >= 0.3 is 6.03 Å². The Morgan fingerprint density at radius 1 is 1.31 bits per heavy atom. The van der Waals surface area contributed by atoms with Gasteiger partial charge in [0.2, 0.25) is 5.91 Å². The van der Waals surface area contributed by atoms with Gasteiger partial charge in [-0.15, -0.1) is 0 Å². The molecule has 29 heavy (non-hydrogen) atoms. The van der Waals surface area contributed by atoms with E-state index in [4.69, 9.17) is 11.6 Å². The molecule has 1 aromatic carbocycles. The van der Waals surface area contributed by atoms with Gasteiger partial charge in [0.15, 0.2) is 15.0 Å². The molecule has 2 aliphatic rings. The van der Waals surface area contributed by atoms with Crippen molar-refractivity contribution >= 4 is 55.5 Å². The van der Waals surface area contributed by atoms with Crippen LogP contribution in [0.5, 0.6) is 0 Å². The number of amides is 3. The van der Waals surface area contributed by atoms with E-state index in [-0.39, 0.29) is 16.8 Å². The average Bonchev–Trinajstić information content (AvgIpc) is 3.33. The summed E-state index contributed by atoms with van der Waals surface area (Å²) in [6.07, 6.45) is 3.27. The highest BCUT2D eigenvalue weighted by Crippen LogP contribution is 2.47. The maximum Gasteiger partial charge on any atom is 0.328 e. The van der Waals surface area contributed by atoms with Gasteiger partial charge in [0.05, 0.1) is 11.1 Å². The lowest BCUT2D eigenvalue weighted by molar-refractivity contribution is -0.127. The molecule has 1 saturated heterocycles. The van der Waals surface area contributed by atoms with E-state index in [1.54, 1.807) is 21.9 Å². The van der Waals surface area contributed by atoms with E-state index in [1.165, 1.54) is 19.2 Å². The van der Waals surface area contributed by atoms with E-state index in [9.17, 15) is 18.0 Å². The average molecular weight is 455 g/mol. The summed E-state index contributed by atoms with van der Waals surface area (Å²) in [5.74, 6) is -0.0389. The predicted molar refractivity (Wildman–Crippen MR) is 112 cm³/mol. The number of nitrogens with zero attached hydrogens (tertiary/aromatic N) is 3. The maximum absolute atomic E-state index is 13.0. The number of benzene rings is 1. The third-order valence-electron chi connectivity index (χ3n) is 5.45. The molecule has 0 bridgehead atoms. The van der Waals surface area contributed by atoms with Crippen LogP contribution in [0.15, 0.2) is 29.3 Å². The van der Waals surface area contributed by atoms with Crippen LogP contribution < -0.4 is 10.2 Å². The number of halogens is 1. The normalized spacial score (nSPS) is 20.9. The number of thiazole rings is 1. The van der Waals surface area contributed by atoms with Crippen molar-refractivity contribution in [2.45, 2.75) is 23.7 Å². The Balaban J connectivity index is 1.73. The molecule has 0 saturated carbocycles. The van der Waals surface area contributed by atoms with Crippen LogP contribution in [0.4, 0.5) is 15.6 Å². The number of rotatable bonds is 2. The Labute approximate surface area is 177 Å². The van der Waals surface area contributed by atoms with E-state index >= 15 is 0 Å². The first kappa shape index (κ1) is 20.1. The molecule has 1 atom stereocenters. The van der Waals surface area contributed by atoms with E-state index in [0.717, 1.165) is 23.2 Å². The Hall–Kier alpha value is -2.17. The van der Waals surface area contributed by atoms with Gasteiger partial charge in [-0.3, -0.25) is 15.0 Å². The fourth-order valence-corrected chi connectivity index (χ4v) is 5.47. The number of nitrogens with one attached hydrogen (secondary N) is 1. The number of aromatic nitrogens is 1. The molecule has 1 spiro atoms. The third kappa shape index (κ3) is 3.60. The Morgan fingerprint density at radius 2 is 2.07 bits per heavy atom. The topological polar surface area (TPSA) is 99.7 Å². The third-order valence-corrected chi connectivity index (χ3v) is 7.60. The highest BCUT2D eigenvalue weighted by molar-refractivity contribution is 7.90. The van der Waals surface area contributed by atoms with E-state index in [0.29, 0.717) is 41.2 Å². The lowest BCUT2D eigenvalue weighted by atomic mass is 9.81. The molecule has 0 aliphatic carbocycles. The lowest BCUT2D eigenvalue weighted by Crippen LogP contribution is -2.41. The molecule has 11 heteroatoms. The molecule has 8 nitrogen and oxygen atoms in total. The zero-order valence-corrected chi connectivity index (χ0v) is 18.2. The van der Waals surface area contributed by atoms with Gasteiger partial charge in [0.25, 0.3) is 0 Å². The summed E-state index contributed by atoms with van der Waals surface area (Å²) >= 11 is 7.04. The van der Waals surface area contributed by atoms with E-state index in [2.05, 4.69) is 10.3 Å². The summed E-state index contributed by atoms with van der Waals surface area (Å²) in [5.41, 5.74) is 0.916. The van der Waals surface area contributed by atoms with Gasteiger partial charge in [-0.1, -0.05) is 22.9 Å². The monoisotopic (exact) mass is 454 g/mol. The number of hydrogen-bond acceptors (Lipinski definition) is 6. The summed E-state index contributed by atoms with van der Waals surface area (Å²) in [5, 5.41) is 3.12. The van der Waals surface area contributed by atoms with Crippen LogP contribution in [0.3, 0.4) is 0 Å². The second kappa shape index (κ2) is 6.96. The van der Waals surface area contributed by atoms with Gasteiger partial charge in [0, 0.05) is 43.9 Å². The number of sulfone groups is 1. The molecule has 1 aromatic heterocycles. The van der Waals surface area contributed by atoms with Crippen molar-refractivity contribution in [3.63, 3.8) is 0 Å². The molecule has 2 aliphatic heterocycles. The van der Waals surface area contributed by atoms with Crippen LogP contribution in [0.2, 0.25) is 4.34 Å². The van der Waals surface area contributed by atoms with Crippen LogP contribution in [0.25, 0.3) is 0 Å². The summed E-state index contributed by atoms with van der Waals surface area (Å²) in [6, 6.07) is 4.43. The smallest absolute Gasteiger partial charge is 0.328 e. The van der Waals surface area contributed by atoms with Crippen molar-refractivity contribution < 1.29 is 18.0 Å². The molecular weight excluding hydrogens is 436 g/mol. The number of carbonyl (C=O) groups excluding carboxylic acids is 2. The fourth-order valence-electron chi connectivity index (χ4n) is 4.02. The first-order valence-electron chi connectivity index (χ1n) is 8.89. The highest BCUT2D eigenvalue weighted by Gasteiger charge is 2.49. The second-order valence-corrected chi connectivity index (χ2v) is 11.1. The van der Waals surface area contributed by atoms with E-state index < -0.39 is 15.3 Å². The standard InChI is InChI=1S/C18H19ClN4O4S2/c1-11(24)22-6-5-18(9-22)10-23(17(25)21-16-20-8-15(19)28-16)14-4-3-12(7-13(14)18)29(2,26)27/h3-4,7-8H,5-6,9-10H2,1-2H3,(H,20,21,25). The van der Waals surface area contributed by atoms with E-state index in [1.807, 2.05) is 0 Å². The number of hydrogen-bond donors (Lipinski definition) is 1. The molecule has 3 heterocycles. The summed E-state index contributed by atoms with van der Waals surface area (Å²) < 4.78 is 24.6. The molecule has 1 N–H and O–H groups in total. The van der Waals surface area contributed by atoms with Gasteiger partial charge in [-0.2, -0.15) is 0 Å². The second-order valence-electron chi connectivity index (χ2n) is 7.41. The number of fused-ring (bicyclic) bond motifs is 2. The lowest BCUT2D eigenvalue weighted by Gasteiger charge is -2.25. The number of likely N-dealkylation sites (tertiary alicyclic amines) is 1. The molecule has 154 valence electrons. The summed E-state index contributed by atoms with van der Waals surface area (Å²) in [6.45, 7) is 2.87. The van der Waals surface area contributed by atoms with Gasteiger partial charge in [0.1, 0.15) is 4.34 Å². The summed E-state index contributed by atoms with van der Waals surface area (Å²) in [4.78, 5) is 32.4. The van der Waals surface area contributed by atoms with Crippen molar-refractivity contribution in [3.8, 4) is 0 Å². The fraction of sp³-hybridized carbons (Fsp3) is 0.389. The van der Waals surface area contributed by atoms with Crippen molar-refractivity contribution in [3.05, 3.63) is 34.3 Å². The molecule has 1 unspecified atom stereocenters. The van der Waals surface area contributed by atoms with Crippen LogP contribution in [0, 0.1) is 0 Å². The van der Waals surface area contributed by atoms with Crippen molar-refractivity contribution in [2.75, 3.05) is 36.1 Å². The molecule has 2 aromatic rings. The van der Waals surface area contributed by atoms with Crippen LogP contribution >= 0.6 is 22.9 Å². The number of carbonyl (C=O) groups is 2. The van der Waals surface area contributed by atoms with Crippen LogP contribution in [-0.4, -0.2) is 56.1 Å². The quantitative estimate of drug-likeness (QED) is 0.752. The first-order valence-corrected chi connectivity index (χ1v) is 12.0. The minimum absolute atomic E-state index is 0.0389. The maximum atomic E-state index is 13.0. The molecule has 4 rings (SSSR count). The van der Waals surface area contributed by atoms with Crippen molar-refractivity contribution in [1.82, 2.24) is 9.88 Å². The zero-order valence-electron chi connectivity index (χ0n) is 15.8. The molecular formula is C18H19ClN4O4S2. The Morgan fingerprint density at radius 3 is 2.66 bits per heavy atom. The number of urea groups is 1.